The molecule has 0 saturated heterocycles. The Labute approximate surface area is 110 Å². The minimum absolute atomic E-state index is 0.110. The van der Waals surface area contributed by atoms with Crippen molar-refractivity contribution in [3.8, 4) is 0 Å². The number of rotatable bonds is 7. The van der Waals surface area contributed by atoms with Gasteiger partial charge in [-0.25, -0.2) is 0 Å². The molecule has 100 valence electrons. The van der Waals surface area contributed by atoms with E-state index in [2.05, 4.69) is 29.7 Å². The molecule has 1 aromatic carbocycles. The lowest BCUT2D eigenvalue weighted by atomic mass is 10.0. The number of carbonyl (C=O) groups excluding carboxylic acids is 1. The molecular weight excluding hydrogens is 224 g/mol. The van der Waals surface area contributed by atoms with Crippen molar-refractivity contribution in [3.63, 3.8) is 0 Å². The van der Waals surface area contributed by atoms with E-state index in [4.69, 9.17) is 0 Å². The lowest BCUT2D eigenvalue weighted by molar-refractivity contribution is -0.122. The van der Waals surface area contributed by atoms with Gasteiger partial charge in [0.25, 0.3) is 0 Å². The van der Waals surface area contributed by atoms with Gasteiger partial charge in [-0.1, -0.05) is 44.2 Å². The molecule has 3 heteroatoms. The van der Waals surface area contributed by atoms with Gasteiger partial charge in [0.15, 0.2) is 0 Å². The van der Waals surface area contributed by atoms with Crippen molar-refractivity contribution >= 4 is 5.91 Å². The average Bonchev–Trinajstić information content (AvgIpc) is 2.37. The van der Waals surface area contributed by atoms with Crippen LogP contribution in [0.3, 0.4) is 0 Å². The SMILES string of the molecule is CCNC(C)CC(=O)NC(CC)c1ccccc1. The first-order valence-corrected chi connectivity index (χ1v) is 6.75. The molecule has 3 nitrogen and oxygen atoms in total. The zero-order valence-electron chi connectivity index (χ0n) is 11.6. The second kappa shape index (κ2) is 7.88. The Morgan fingerprint density at radius 2 is 1.89 bits per heavy atom. The predicted octanol–water partition coefficient (Wildman–Crippen LogP) is 2.64. The van der Waals surface area contributed by atoms with Crippen molar-refractivity contribution in [2.24, 2.45) is 0 Å². The van der Waals surface area contributed by atoms with Gasteiger partial charge in [-0.15, -0.1) is 0 Å². The second-order valence-corrected chi connectivity index (χ2v) is 4.60. The van der Waals surface area contributed by atoms with Crippen molar-refractivity contribution in [3.05, 3.63) is 35.9 Å². The first-order chi connectivity index (χ1) is 8.67. The molecule has 0 bridgehead atoms. The van der Waals surface area contributed by atoms with Crippen LogP contribution in [0.25, 0.3) is 0 Å². The van der Waals surface area contributed by atoms with Gasteiger partial charge in [-0.2, -0.15) is 0 Å². The molecule has 2 unspecified atom stereocenters. The third-order valence-corrected chi connectivity index (χ3v) is 2.99. The maximum atomic E-state index is 11.9. The van der Waals surface area contributed by atoms with E-state index >= 15 is 0 Å². The van der Waals surface area contributed by atoms with Crippen LogP contribution in [0, 0.1) is 0 Å². The number of benzene rings is 1. The maximum Gasteiger partial charge on any atom is 0.222 e. The molecule has 0 saturated carbocycles. The Kier molecular flexibility index (Phi) is 6.44. The number of nitrogens with one attached hydrogen (secondary N) is 2. The molecule has 0 aliphatic carbocycles. The molecular formula is C15H24N2O. The van der Waals surface area contributed by atoms with E-state index in [0.717, 1.165) is 13.0 Å². The van der Waals surface area contributed by atoms with Crippen molar-refractivity contribution in [1.29, 1.82) is 0 Å². The summed E-state index contributed by atoms with van der Waals surface area (Å²) in [5, 5.41) is 6.34. The summed E-state index contributed by atoms with van der Waals surface area (Å²) in [5.74, 6) is 0.110. The third kappa shape index (κ3) is 4.88. The molecule has 0 fully saturated rings. The summed E-state index contributed by atoms with van der Waals surface area (Å²) in [4.78, 5) is 11.9. The van der Waals surface area contributed by atoms with Gasteiger partial charge in [-0.3, -0.25) is 4.79 Å². The van der Waals surface area contributed by atoms with Crippen LogP contribution in [0.15, 0.2) is 30.3 Å². The van der Waals surface area contributed by atoms with E-state index in [-0.39, 0.29) is 18.0 Å². The summed E-state index contributed by atoms with van der Waals surface area (Å²) in [6, 6.07) is 10.5. The number of carbonyl (C=O) groups is 1. The zero-order chi connectivity index (χ0) is 13.4. The number of hydrogen-bond donors (Lipinski definition) is 2. The van der Waals surface area contributed by atoms with Crippen LogP contribution in [0.4, 0.5) is 0 Å². The second-order valence-electron chi connectivity index (χ2n) is 4.60. The van der Waals surface area contributed by atoms with Gasteiger partial charge in [0.1, 0.15) is 0 Å². The fraction of sp³-hybridized carbons (Fsp3) is 0.533. The normalized spacial score (nSPS) is 13.9. The highest BCUT2D eigenvalue weighted by atomic mass is 16.1. The number of hydrogen-bond acceptors (Lipinski definition) is 2. The van der Waals surface area contributed by atoms with Crippen LogP contribution < -0.4 is 10.6 Å². The Balaban J connectivity index is 2.51. The van der Waals surface area contributed by atoms with Gasteiger partial charge in [-0.05, 0) is 25.5 Å². The molecule has 0 aliphatic rings. The topological polar surface area (TPSA) is 41.1 Å². The predicted molar refractivity (Wildman–Crippen MR) is 75.4 cm³/mol. The van der Waals surface area contributed by atoms with Crippen LogP contribution in [0.5, 0.6) is 0 Å². The van der Waals surface area contributed by atoms with Crippen LogP contribution >= 0.6 is 0 Å². The van der Waals surface area contributed by atoms with E-state index in [1.807, 2.05) is 32.0 Å². The lowest BCUT2D eigenvalue weighted by Gasteiger charge is -2.19. The van der Waals surface area contributed by atoms with E-state index in [1.54, 1.807) is 0 Å². The van der Waals surface area contributed by atoms with Gasteiger partial charge in [0, 0.05) is 12.5 Å². The molecule has 2 N–H and O–H groups in total. The summed E-state index contributed by atoms with van der Waals surface area (Å²) in [6.45, 7) is 7.07. The van der Waals surface area contributed by atoms with Crippen molar-refractivity contribution in [1.82, 2.24) is 10.6 Å². The fourth-order valence-electron chi connectivity index (χ4n) is 2.06. The Morgan fingerprint density at radius 1 is 1.22 bits per heavy atom. The highest BCUT2D eigenvalue weighted by Gasteiger charge is 2.14. The first-order valence-electron chi connectivity index (χ1n) is 6.75. The number of amides is 1. The molecule has 2 atom stereocenters. The quantitative estimate of drug-likeness (QED) is 0.779. The van der Waals surface area contributed by atoms with Crippen molar-refractivity contribution in [2.45, 2.75) is 45.7 Å². The van der Waals surface area contributed by atoms with Gasteiger partial charge >= 0.3 is 0 Å². The van der Waals surface area contributed by atoms with Crippen molar-refractivity contribution < 1.29 is 4.79 Å². The summed E-state index contributed by atoms with van der Waals surface area (Å²) >= 11 is 0. The Hall–Kier alpha value is -1.35. The lowest BCUT2D eigenvalue weighted by Crippen LogP contribution is -2.35. The molecule has 0 aromatic heterocycles. The van der Waals surface area contributed by atoms with Crippen LogP contribution in [-0.4, -0.2) is 18.5 Å². The summed E-state index contributed by atoms with van der Waals surface area (Å²) in [6.07, 6.45) is 1.43. The molecule has 1 amide bonds. The minimum Gasteiger partial charge on any atom is -0.349 e. The van der Waals surface area contributed by atoms with Crippen LogP contribution in [0.2, 0.25) is 0 Å². The average molecular weight is 248 g/mol. The molecule has 18 heavy (non-hydrogen) atoms. The molecule has 0 spiro atoms. The van der Waals surface area contributed by atoms with E-state index < -0.39 is 0 Å². The Morgan fingerprint density at radius 3 is 2.44 bits per heavy atom. The zero-order valence-corrected chi connectivity index (χ0v) is 11.6. The third-order valence-electron chi connectivity index (χ3n) is 2.99. The molecule has 0 heterocycles. The molecule has 1 aromatic rings. The largest absolute Gasteiger partial charge is 0.349 e. The highest BCUT2D eigenvalue weighted by molar-refractivity contribution is 5.77. The van der Waals surface area contributed by atoms with Gasteiger partial charge < -0.3 is 10.6 Å². The van der Waals surface area contributed by atoms with Crippen LogP contribution in [-0.2, 0) is 4.79 Å². The smallest absolute Gasteiger partial charge is 0.222 e. The van der Waals surface area contributed by atoms with Gasteiger partial charge in [0.2, 0.25) is 5.91 Å². The van der Waals surface area contributed by atoms with E-state index in [0.29, 0.717) is 6.42 Å². The highest BCUT2D eigenvalue weighted by Crippen LogP contribution is 2.15. The maximum absolute atomic E-state index is 11.9. The minimum atomic E-state index is 0.110. The van der Waals surface area contributed by atoms with Crippen LogP contribution in [0.1, 0.15) is 45.2 Å². The summed E-state index contributed by atoms with van der Waals surface area (Å²) < 4.78 is 0. The molecule has 0 radical (unpaired) electrons. The van der Waals surface area contributed by atoms with E-state index in [9.17, 15) is 4.79 Å². The fourth-order valence-corrected chi connectivity index (χ4v) is 2.06. The summed E-state index contributed by atoms with van der Waals surface area (Å²) in [5.41, 5.74) is 1.17. The first kappa shape index (κ1) is 14.7. The monoisotopic (exact) mass is 248 g/mol. The van der Waals surface area contributed by atoms with E-state index in [1.165, 1.54) is 5.56 Å². The molecule has 1 rings (SSSR count). The molecule has 0 aliphatic heterocycles. The standard InChI is InChI=1S/C15H24N2O/c1-4-14(13-9-7-6-8-10-13)17-15(18)11-12(3)16-5-2/h6-10,12,14,16H,4-5,11H2,1-3H3,(H,17,18). The summed E-state index contributed by atoms with van der Waals surface area (Å²) in [7, 11) is 0. The Bertz CT molecular complexity index is 351. The van der Waals surface area contributed by atoms with Crippen molar-refractivity contribution in [2.75, 3.05) is 6.54 Å². The van der Waals surface area contributed by atoms with Gasteiger partial charge in [0.05, 0.1) is 6.04 Å².